The molecule has 0 spiro atoms. The van der Waals surface area contributed by atoms with Gasteiger partial charge >= 0.3 is 0 Å². The second-order valence-electron chi connectivity index (χ2n) is 4.49. The van der Waals surface area contributed by atoms with Crippen LogP contribution >= 0.6 is 0 Å². The third-order valence-electron chi connectivity index (χ3n) is 3.87. The monoisotopic (exact) mass is 180 g/mol. The van der Waals surface area contributed by atoms with E-state index in [9.17, 15) is 0 Å². The molecule has 13 heavy (non-hydrogen) atoms. The normalized spacial score (nSPS) is 29.2. The maximum Gasteiger partial charge on any atom is -0.0236 e. The number of hydrogen-bond acceptors (Lipinski definition) is 0. The molecule has 0 radical (unpaired) electrons. The van der Waals surface area contributed by atoms with E-state index in [2.05, 4.69) is 26.5 Å². The lowest BCUT2D eigenvalue weighted by atomic mass is 9.74. The molecule has 0 heterocycles. The van der Waals surface area contributed by atoms with Crippen LogP contribution in [0.25, 0.3) is 0 Å². The lowest BCUT2D eigenvalue weighted by Gasteiger charge is -2.31. The molecule has 0 heteroatoms. The summed E-state index contributed by atoms with van der Waals surface area (Å²) in [5.74, 6) is 2.84. The van der Waals surface area contributed by atoms with Crippen molar-refractivity contribution >= 4 is 0 Å². The topological polar surface area (TPSA) is 0 Å². The average Bonchev–Trinajstić information content (AvgIpc) is 2.21. The van der Waals surface area contributed by atoms with Crippen molar-refractivity contribution in [2.45, 2.75) is 52.4 Å². The lowest BCUT2D eigenvalue weighted by Crippen LogP contribution is -2.20. The lowest BCUT2D eigenvalue weighted by molar-refractivity contribution is 0.213. The summed E-state index contributed by atoms with van der Waals surface area (Å²) in [4.78, 5) is 0. The van der Waals surface area contributed by atoms with E-state index in [1.54, 1.807) is 0 Å². The summed E-state index contributed by atoms with van der Waals surface area (Å²) >= 11 is 0. The third-order valence-corrected chi connectivity index (χ3v) is 3.87. The highest BCUT2D eigenvalue weighted by atomic mass is 14.3. The van der Waals surface area contributed by atoms with Gasteiger partial charge in [-0.1, -0.05) is 32.8 Å². The summed E-state index contributed by atoms with van der Waals surface area (Å²) in [5, 5.41) is 0. The molecule has 0 aliphatic heterocycles. The van der Waals surface area contributed by atoms with Crippen molar-refractivity contribution in [3.63, 3.8) is 0 Å². The van der Waals surface area contributed by atoms with Gasteiger partial charge in [0.15, 0.2) is 0 Å². The zero-order chi connectivity index (χ0) is 9.68. The molecule has 1 fully saturated rings. The molecule has 0 nitrogen and oxygen atoms in total. The highest BCUT2D eigenvalue weighted by molar-refractivity contribution is 4.85. The van der Waals surface area contributed by atoms with E-state index in [0.29, 0.717) is 0 Å². The van der Waals surface area contributed by atoms with Crippen molar-refractivity contribution in [3.05, 3.63) is 12.7 Å². The van der Waals surface area contributed by atoms with Gasteiger partial charge in [-0.2, -0.15) is 0 Å². The van der Waals surface area contributed by atoms with E-state index in [1.807, 2.05) is 0 Å². The Hall–Kier alpha value is -0.260. The minimum Gasteiger partial charge on any atom is -0.103 e. The molecule has 0 N–H and O–H groups in total. The molecule has 0 atom stereocenters. The Morgan fingerprint density at radius 2 is 1.69 bits per heavy atom. The largest absolute Gasteiger partial charge is 0.103 e. The Morgan fingerprint density at radius 1 is 1.15 bits per heavy atom. The number of hydrogen-bond donors (Lipinski definition) is 0. The zero-order valence-electron chi connectivity index (χ0n) is 9.26. The molecule has 1 aliphatic rings. The second kappa shape index (κ2) is 5.47. The smallest absolute Gasteiger partial charge is 0.0236 e. The fourth-order valence-electron chi connectivity index (χ4n) is 2.81. The van der Waals surface area contributed by atoms with Crippen LogP contribution in [0, 0.1) is 17.8 Å². The summed E-state index contributed by atoms with van der Waals surface area (Å²) in [7, 11) is 0. The fraction of sp³-hybridized carbons (Fsp3) is 0.846. The molecule has 76 valence electrons. The van der Waals surface area contributed by atoms with Gasteiger partial charge in [0, 0.05) is 0 Å². The standard InChI is InChI=1S/C13H24/c1-4-11-7-9-13(10-8-11)12(5-2)6-3/h4,11-13H,1,5-10H2,2-3H3. The molecule has 0 aromatic rings. The van der Waals surface area contributed by atoms with Crippen LogP contribution in [0.15, 0.2) is 12.7 Å². The molecular formula is C13H24. The first-order valence-electron chi connectivity index (χ1n) is 5.94. The van der Waals surface area contributed by atoms with Crippen molar-refractivity contribution in [2.24, 2.45) is 17.8 Å². The van der Waals surface area contributed by atoms with Crippen LogP contribution in [-0.4, -0.2) is 0 Å². The second-order valence-corrected chi connectivity index (χ2v) is 4.49. The minimum absolute atomic E-state index is 0.825. The Morgan fingerprint density at radius 3 is 2.08 bits per heavy atom. The maximum atomic E-state index is 3.89. The maximum absolute atomic E-state index is 3.89. The van der Waals surface area contributed by atoms with E-state index in [-0.39, 0.29) is 0 Å². The van der Waals surface area contributed by atoms with Crippen molar-refractivity contribution < 1.29 is 0 Å². The van der Waals surface area contributed by atoms with Gasteiger partial charge in [-0.15, -0.1) is 6.58 Å². The van der Waals surface area contributed by atoms with Crippen LogP contribution in [-0.2, 0) is 0 Å². The molecule has 0 unspecified atom stereocenters. The molecule has 1 rings (SSSR count). The minimum atomic E-state index is 0.825. The van der Waals surface area contributed by atoms with Gasteiger partial charge in [-0.25, -0.2) is 0 Å². The van der Waals surface area contributed by atoms with Crippen LogP contribution in [0.5, 0.6) is 0 Å². The third kappa shape index (κ3) is 2.86. The van der Waals surface area contributed by atoms with Crippen molar-refractivity contribution in [3.8, 4) is 0 Å². The molecule has 0 amide bonds. The predicted molar refractivity (Wildman–Crippen MR) is 59.7 cm³/mol. The van der Waals surface area contributed by atoms with Crippen molar-refractivity contribution in [1.82, 2.24) is 0 Å². The van der Waals surface area contributed by atoms with Crippen LogP contribution in [0.2, 0.25) is 0 Å². The molecule has 1 aliphatic carbocycles. The summed E-state index contributed by atoms with van der Waals surface area (Å²) in [6.07, 6.45) is 10.6. The Labute approximate surface area is 83.4 Å². The molecular weight excluding hydrogens is 156 g/mol. The van der Waals surface area contributed by atoms with Gasteiger partial charge in [0.1, 0.15) is 0 Å². The van der Waals surface area contributed by atoms with Crippen LogP contribution in [0.3, 0.4) is 0 Å². The highest BCUT2D eigenvalue weighted by Crippen LogP contribution is 2.36. The van der Waals surface area contributed by atoms with Gasteiger partial charge in [0.05, 0.1) is 0 Å². The van der Waals surface area contributed by atoms with Gasteiger partial charge in [0.2, 0.25) is 0 Å². The Bertz CT molecular complexity index is 136. The van der Waals surface area contributed by atoms with Crippen LogP contribution in [0.4, 0.5) is 0 Å². The van der Waals surface area contributed by atoms with E-state index < -0.39 is 0 Å². The molecule has 0 bridgehead atoms. The van der Waals surface area contributed by atoms with Gasteiger partial charge in [0.25, 0.3) is 0 Å². The zero-order valence-corrected chi connectivity index (χ0v) is 9.26. The van der Waals surface area contributed by atoms with E-state index in [1.165, 1.54) is 38.5 Å². The summed E-state index contributed by atoms with van der Waals surface area (Å²) < 4.78 is 0. The van der Waals surface area contributed by atoms with Gasteiger partial charge in [-0.05, 0) is 43.4 Å². The van der Waals surface area contributed by atoms with Crippen molar-refractivity contribution in [1.29, 1.82) is 0 Å². The Balaban J connectivity index is 2.34. The average molecular weight is 180 g/mol. The van der Waals surface area contributed by atoms with E-state index >= 15 is 0 Å². The van der Waals surface area contributed by atoms with Crippen LogP contribution < -0.4 is 0 Å². The Kier molecular flexibility index (Phi) is 4.55. The molecule has 0 saturated heterocycles. The first-order valence-corrected chi connectivity index (χ1v) is 5.94. The SMILES string of the molecule is C=CC1CCC(C(CC)CC)CC1. The highest BCUT2D eigenvalue weighted by Gasteiger charge is 2.24. The summed E-state index contributed by atoms with van der Waals surface area (Å²) in [6, 6.07) is 0. The number of allylic oxidation sites excluding steroid dienone is 1. The van der Waals surface area contributed by atoms with Gasteiger partial charge < -0.3 is 0 Å². The summed E-state index contributed by atoms with van der Waals surface area (Å²) in [5.41, 5.74) is 0. The van der Waals surface area contributed by atoms with Crippen molar-refractivity contribution in [2.75, 3.05) is 0 Å². The fourth-order valence-corrected chi connectivity index (χ4v) is 2.81. The van der Waals surface area contributed by atoms with Crippen LogP contribution in [0.1, 0.15) is 52.4 Å². The molecule has 0 aromatic heterocycles. The first-order chi connectivity index (χ1) is 6.31. The summed E-state index contributed by atoms with van der Waals surface area (Å²) in [6.45, 7) is 8.58. The molecule has 1 saturated carbocycles. The quantitative estimate of drug-likeness (QED) is 0.562. The van der Waals surface area contributed by atoms with E-state index in [0.717, 1.165) is 17.8 Å². The van der Waals surface area contributed by atoms with E-state index in [4.69, 9.17) is 0 Å². The molecule has 0 aromatic carbocycles. The first kappa shape index (κ1) is 10.8. The van der Waals surface area contributed by atoms with Gasteiger partial charge in [-0.3, -0.25) is 0 Å². The number of rotatable bonds is 4. The predicted octanol–water partition coefficient (Wildman–Crippen LogP) is 4.42.